The molecule has 0 aliphatic rings. The van der Waals surface area contributed by atoms with E-state index in [9.17, 15) is 9.18 Å². The Balaban J connectivity index is 3.19. The SMILES string of the molecule is CC(=O)OCC#CCF. The van der Waals surface area contributed by atoms with Gasteiger partial charge in [0.25, 0.3) is 0 Å². The lowest BCUT2D eigenvalue weighted by Gasteiger charge is -1.89. The van der Waals surface area contributed by atoms with Crippen LogP contribution in [-0.4, -0.2) is 19.3 Å². The molecule has 0 aromatic carbocycles. The fraction of sp³-hybridized carbons (Fsp3) is 0.500. The van der Waals surface area contributed by atoms with Crippen LogP contribution in [0.4, 0.5) is 4.39 Å². The highest BCUT2D eigenvalue weighted by Gasteiger charge is 1.84. The highest BCUT2D eigenvalue weighted by molar-refractivity contribution is 5.66. The predicted octanol–water partition coefficient (Wildman–Crippen LogP) is 0.522. The van der Waals surface area contributed by atoms with Gasteiger partial charge >= 0.3 is 5.97 Å². The molecule has 0 N–H and O–H groups in total. The van der Waals surface area contributed by atoms with Crippen molar-refractivity contribution < 1.29 is 13.9 Å². The molecule has 0 spiro atoms. The minimum Gasteiger partial charge on any atom is -0.453 e. The van der Waals surface area contributed by atoms with Crippen molar-refractivity contribution in [2.24, 2.45) is 0 Å². The van der Waals surface area contributed by atoms with Gasteiger partial charge in [0, 0.05) is 6.92 Å². The van der Waals surface area contributed by atoms with E-state index in [0.29, 0.717) is 0 Å². The Morgan fingerprint density at radius 2 is 2.33 bits per heavy atom. The van der Waals surface area contributed by atoms with Gasteiger partial charge in [-0.25, -0.2) is 4.39 Å². The molecule has 0 saturated heterocycles. The maximum atomic E-state index is 11.2. The van der Waals surface area contributed by atoms with E-state index in [0.717, 1.165) is 0 Å². The van der Waals surface area contributed by atoms with E-state index in [-0.39, 0.29) is 6.61 Å². The summed E-state index contributed by atoms with van der Waals surface area (Å²) >= 11 is 0. The van der Waals surface area contributed by atoms with Crippen LogP contribution < -0.4 is 0 Å². The number of hydrogen-bond donors (Lipinski definition) is 0. The third-order valence-electron chi connectivity index (χ3n) is 0.539. The quantitative estimate of drug-likeness (QED) is 0.382. The molecule has 0 bridgehead atoms. The zero-order valence-corrected chi connectivity index (χ0v) is 5.11. The van der Waals surface area contributed by atoms with Crippen LogP contribution in [0.25, 0.3) is 0 Å². The molecule has 0 fully saturated rings. The van der Waals surface area contributed by atoms with Crippen molar-refractivity contribution in [1.82, 2.24) is 0 Å². The Labute approximate surface area is 53.0 Å². The second kappa shape index (κ2) is 5.10. The summed E-state index contributed by atoms with van der Waals surface area (Å²) in [6.45, 7) is 0.567. The smallest absolute Gasteiger partial charge is 0.303 e. The largest absolute Gasteiger partial charge is 0.453 e. The molecule has 0 saturated carbocycles. The first-order valence-corrected chi connectivity index (χ1v) is 2.42. The molecule has 0 aromatic heterocycles. The van der Waals surface area contributed by atoms with Crippen LogP contribution in [0, 0.1) is 11.8 Å². The Hall–Kier alpha value is -1.04. The van der Waals surface area contributed by atoms with Crippen LogP contribution in [0.1, 0.15) is 6.92 Å². The number of halogens is 1. The Bertz CT molecular complexity index is 143. The molecule has 0 amide bonds. The van der Waals surface area contributed by atoms with Crippen molar-refractivity contribution in [3.8, 4) is 11.8 Å². The third-order valence-corrected chi connectivity index (χ3v) is 0.539. The molecule has 0 aliphatic heterocycles. The zero-order valence-electron chi connectivity index (χ0n) is 5.11. The Morgan fingerprint density at radius 1 is 1.67 bits per heavy atom. The van der Waals surface area contributed by atoms with Crippen LogP contribution in [-0.2, 0) is 9.53 Å². The lowest BCUT2D eigenvalue weighted by molar-refractivity contribution is -0.139. The van der Waals surface area contributed by atoms with Gasteiger partial charge in [-0.3, -0.25) is 4.79 Å². The van der Waals surface area contributed by atoms with Gasteiger partial charge in [-0.15, -0.1) is 0 Å². The van der Waals surface area contributed by atoms with Crippen molar-refractivity contribution in [1.29, 1.82) is 0 Å². The predicted molar refractivity (Wildman–Crippen MR) is 30.4 cm³/mol. The summed E-state index contributed by atoms with van der Waals surface area (Å²) in [7, 11) is 0. The first-order chi connectivity index (χ1) is 4.27. The van der Waals surface area contributed by atoms with Gasteiger partial charge in [0.2, 0.25) is 0 Å². The van der Waals surface area contributed by atoms with Crippen LogP contribution in [0.3, 0.4) is 0 Å². The second-order valence-corrected chi connectivity index (χ2v) is 1.27. The van der Waals surface area contributed by atoms with Gasteiger partial charge in [0.15, 0.2) is 6.61 Å². The molecule has 0 rings (SSSR count). The van der Waals surface area contributed by atoms with E-state index >= 15 is 0 Å². The van der Waals surface area contributed by atoms with Crippen LogP contribution in [0.5, 0.6) is 0 Å². The Morgan fingerprint density at radius 3 is 2.78 bits per heavy atom. The molecule has 0 radical (unpaired) electrons. The summed E-state index contributed by atoms with van der Waals surface area (Å²) in [6, 6.07) is 0. The topological polar surface area (TPSA) is 26.3 Å². The Kier molecular flexibility index (Phi) is 4.51. The number of ether oxygens (including phenoxy) is 1. The summed E-state index contributed by atoms with van der Waals surface area (Å²) < 4.78 is 15.6. The number of carbonyl (C=O) groups is 1. The number of rotatable bonds is 1. The first kappa shape index (κ1) is 7.96. The zero-order chi connectivity index (χ0) is 7.11. The molecule has 0 unspecified atom stereocenters. The van der Waals surface area contributed by atoms with E-state index in [2.05, 4.69) is 16.6 Å². The van der Waals surface area contributed by atoms with Gasteiger partial charge in [-0.1, -0.05) is 11.8 Å². The summed E-state index contributed by atoms with van der Waals surface area (Å²) in [5.41, 5.74) is 0. The fourth-order valence-electron chi connectivity index (χ4n) is 0.236. The van der Waals surface area contributed by atoms with E-state index in [1.54, 1.807) is 0 Å². The summed E-state index contributed by atoms with van der Waals surface area (Å²) in [5.74, 6) is 4.01. The maximum Gasteiger partial charge on any atom is 0.303 e. The van der Waals surface area contributed by atoms with Gasteiger partial charge < -0.3 is 4.74 Å². The van der Waals surface area contributed by atoms with Gasteiger partial charge in [0.05, 0.1) is 0 Å². The highest BCUT2D eigenvalue weighted by atomic mass is 19.1. The molecule has 0 aromatic rings. The normalized spacial score (nSPS) is 7.33. The second-order valence-electron chi connectivity index (χ2n) is 1.27. The van der Waals surface area contributed by atoms with E-state index in [1.165, 1.54) is 6.92 Å². The number of carbonyl (C=O) groups excluding carboxylic acids is 1. The number of esters is 1. The molecule has 2 nitrogen and oxygen atoms in total. The lowest BCUT2D eigenvalue weighted by Crippen LogP contribution is -1.97. The van der Waals surface area contributed by atoms with Crippen LogP contribution in [0.15, 0.2) is 0 Å². The molecular formula is C6H7FO2. The lowest BCUT2D eigenvalue weighted by atomic mass is 10.6. The van der Waals surface area contributed by atoms with E-state index < -0.39 is 12.6 Å². The molecule has 0 aliphatic carbocycles. The fourth-order valence-corrected chi connectivity index (χ4v) is 0.236. The van der Waals surface area contributed by atoms with Crippen molar-refractivity contribution in [3.63, 3.8) is 0 Å². The average molecular weight is 130 g/mol. The van der Waals surface area contributed by atoms with Crippen molar-refractivity contribution in [2.45, 2.75) is 6.92 Å². The minimum atomic E-state index is -0.693. The number of alkyl halides is 1. The van der Waals surface area contributed by atoms with Gasteiger partial charge in [0.1, 0.15) is 6.67 Å². The average Bonchev–Trinajstić information content (AvgIpc) is 1.80. The highest BCUT2D eigenvalue weighted by Crippen LogP contribution is 1.72. The summed E-state index contributed by atoms with van der Waals surface area (Å²) in [6.07, 6.45) is 0. The van der Waals surface area contributed by atoms with Gasteiger partial charge in [-0.2, -0.15) is 0 Å². The van der Waals surface area contributed by atoms with Crippen LogP contribution >= 0.6 is 0 Å². The number of hydrogen-bond acceptors (Lipinski definition) is 2. The molecular weight excluding hydrogens is 123 g/mol. The molecule has 3 heteroatoms. The van der Waals surface area contributed by atoms with Crippen LogP contribution in [0.2, 0.25) is 0 Å². The molecule has 50 valence electrons. The first-order valence-electron chi connectivity index (χ1n) is 2.42. The van der Waals surface area contributed by atoms with Gasteiger partial charge in [-0.05, 0) is 0 Å². The van der Waals surface area contributed by atoms with Crippen molar-refractivity contribution in [3.05, 3.63) is 0 Å². The van der Waals surface area contributed by atoms with Crippen molar-refractivity contribution >= 4 is 5.97 Å². The molecule has 0 atom stereocenters. The third kappa shape index (κ3) is 6.96. The summed E-state index contributed by atoms with van der Waals surface area (Å²) in [5, 5.41) is 0. The standard InChI is InChI=1S/C6H7FO2/c1-6(8)9-5-3-2-4-7/h4-5H2,1H3. The van der Waals surface area contributed by atoms with E-state index in [1.807, 2.05) is 0 Å². The van der Waals surface area contributed by atoms with Crippen molar-refractivity contribution in [2.75, 3.05) is 13.3 Å². The van der Waals surface area contributed by atoms with E-state index in [4.69, 9.17) is 0 Å². The summed E-state index contributed by atoms with van der Waals surface area (Å²) in [4.78, 5) is 10.0. The molecule has 0 heterocycles. The molecule has 9 heavy (non-hydrogen) atoms. The maximum absolute atomic E-state index is 11.2. The monoisotopic (exact) mass is 130 g/mol. The minimum absolute atomic E-state index is 0.0146.